The van der Waals surface area contributed by atoms with E-state index in [1.54, 1.807) is 30.5 Å². The van der Waals surface area contributed by atoms with E-state index in [2.05, 4.69) is 37.5 Å². The highest BCUT2D eigenvalue weighted by Gasteiger charge is 2.35. The number of nitrogens with zero attached hydrogens (tertiary/aromatic N) is 4. The molecule has 4 aromatic rings. The standard InChI is InChI=1S/C28H25N7O4S/c1-3-21(36)32-17-7-5-8-18(17)33-26(37)25-24-23-19(12-13-29-27(23)40-25)35(28(38)34-24)20-11-10-16(14-30-20)39-22-9-4-6-15(2)31-22/h3-4,6,9-14,17-18H,1,5,7-8H2,2H3,(H,32,36)(H,33,37)(H,34,38). The Morgan fingerprint density at radius 1 is 1.15 bits per heavy atom. The second kappa shape index (κ2) is 10.4. The van der Waals surface area contributed by atoms with Crippen molar-refractivity contribution >= 4 is 56.6 Å². The van der Waals surface area contributed by atoms with E-state index >= 15 is 0 Å². The highest BCUT2D eigenvalue weighted by molar-refractivity contribution is 7.21. The number of nitrogens with one attached hydrogen (secondary N) is 3. The topological polar surface area (TPSA) is 138 Å². The quantitative estimate of drug-likeness (QED) is 0.278. The van der Waals surface area contributed by atoms with Crippen LogP contribution in [0.3, 0.4) is 0 Å². The first kappa shape index (κ1) is 25.4. The fourth-order valence-corrected chi connectivity index (χ4v) is 6.04. The van der Waals surface area contributed by atoms with Crippen LogP contribution in [0.5, 0.6) is 11.6 Å². The summed E-state index contributed by atoms with van der Waals surface area (Å²) in [5.74, 6) is 0.700. The number of carbonyl (C=O) groups is 3. The normalized spacial score (nSPS) is 17.8. The summed E-state index contributed by atoms with van der Waals surface area (Å²) in [5, 5.41) is 9.46. The minimum Gasteiger partial charge on any atom is -0.437 e. The summed E-state index contributed by atoms with van der Waals surface area (Å²) in [6.07, 6.45) is 6.73. The van der Waals surface area contributed by atoms with Crippen LogP contribution < -0.4 is 25.6 Å². The van der Waals surface area contributed by atoms with Crippen molar-refractivity contribution in [2.45, 2.75) is 38.3 Å². The molecule has 202 valence electrons. The predicted molar refractivity (Wildman–Crippen MR) is 151 cm³/mol. The summed E-state index contributed by atoms with van der Waals surface area (Å²) in [4.78, 5) is 54.2. The molecule has 2 aliphatic rings. The summed E-state index contributed by atoms with van der Waals surface area (Å²) in [6.45, 7) is 5.37. The Hall–Kier alpha value is -4.84. The Labute approximate surface area is 233 Å². The van der Waals surface area contributed by atoms with Gasteiger partial charge in [-0.05, 0) is 56.5 Å². The molecule has 0 spiro atoms. The molecule has 2 atom stereocenters. The Morgan fingerprint density at radius 2 is 1.98 bits per heavy atom. The van der Waals surface area contributed by atoms with Crippen LogP contribution in [-0.2, 0) is 4.79 Å². The molecule has 1 fully saturated rings. The van der Waals surface area contributed by atoms with Crippen molar-refractivity contribution in [2.75, 3.05) is 10.2 Å². The Morgan fingerprint density at radius 3 is 2.73 bits per heavy atom. The predicted octanol–water partition coefficient (Wildman–Crippen LogP) is 4.82. The number of hydrogen-bond acceptors (Lipinski definition) is 8. The zero-order valence-corrected chi connectivity index (χ0v) is 22.3. The fraction of sp³-hybridized carbons (Fsp3) is 0.214. The number of aromatic nitrogens is 3. The van der Waals surface area contributed by atoms with Gasteiger partial charge in [-0.15, -0.1) is 11.3 Å². The molecule has 11 nitrogen and oxygen atoms in total. The van der Waals surface area contributed by atoms with Gasteiger partial charge in [-0.3, -0.25) is 9.59 Å². The maximum absolute atomic E-state index is 13.4. The van der Waals surface area contributed by atoms with Crippen LogP contribution in [0.1, 0.15) is 34.6 Å². The third-order valence-corrected chi connectivity index (χ3v) is 7.93. The summed E-state index contributed by atoms with van der Waals surface area (Å²) < 4.78 is 5.79. The molecule has 0 bridgehead atoms. The van der Waals surface area contributed by atoms with Crippen molar-refractivity contribution in [3.63, 3.8) is 0 Å². The lowest BCUT2D eigenvalue weighted by molar-refractivity contribution is -0.117. The van der Waals surface area contributed by atoms with E-state index in [4.69, 9.17) is 4.74 Å². The monoisotopic (exact) mass is 555 g/mol. The highest BCUT2D eigenvalue weighted by Crippen LogP contribution is 2.45. The van der Waals surface area contributed by atoms with Gasteiger partial charge in [-0.2, -0.15) is 0 Å². The number of anilines is 3. The first-order valence-electron chi connectivity index (χ1n) is 12.8. The van der Waals surface area contributed by atoms with Crippen LogP contribution in [0.4, 0.5) is 22.0 Å². The van der Waals surface area contributed by atoms with Crippen LogP contribution >= 0.6 is 11.3 Å². The lowest BCUT2D eigenvalue weighted by Crippen LogP contribution is -2.48. The van der Waals surface area contributed by atoms with Crippen LogP contribution in [0.15, 0.2) is 61.4 Å². The molecule has 0 saturated heterocycles. The molecule has 6 rings (SSSR count). The molecule has 5 heterocycles. The number of rotatable bonds is 7. The molecular formula is C28H25N7O4S. The van der Waals surface area contributed by atoms with Crippen molar-refractivity contribution in [1.82, 2.24) is 25.6 Å². The molecule has 0 aromatic carbocycles. The molecule has 40 heavy (non-hydrogen) atoms. The van der Waals surface area contributed by atoms with Gasteiger partial charge < -0.3 is 20.7 Å². The number of hydrogen-bond donors (Lipinski definition) is 3. The lowest BCUT2D eigenvalue weighted by atomic mass is 10.1. The van der Waals surface area contributed by atoms with E-state index in [1.807, 2.05) is 19.1 Å². The Bertz CT molecular complexity index is 1650. The highest BCUT2D eigenvalue weighted by atomic mass is 32.1. The number of thiophene rings is 1. The van der Waals surface area contributed by atoms with Gasteiger partial charge in [-0.1, -0.05) is 12.6 Å². The van der Waals surface area contributed by atoms with Crippen molar-refractivity contribution in [3.8, 4) is 11.6 Å². The molecule has 12 heteroatoms. The van der Waals surface area contributed by atoms with Crippen LogP contribution in [-0.4, -0.2) is 44.9 Å². The van der Waals surface area contributed by atoms with Gasteiger partial charge in [0, 0.05) is 30.0 Å². The average molecular weight is 556 g/mol. The zero-order valence-electron chi connectivity index (χ0n) is 21.5. The van der Waals surface area contributed by atoms with E-state index in [0.29, 0.717) is 43.9 Å². The molecule has 3 N–H and O–H groups in total. The van der Waals surface area contributed by atoms with Crippen LogP contribution in [0.25, 0.3) is 10.2 Å². The van der Waals surface area contributed by atoms with Gasteiger partial charge in [0.1, 0.15) is 21.3 Å². The molecular weight excluding hydrogens is 530 g/mol. The van der Waals surface area contributed by atoms with Gasteiger partial charge in [0.15, 0.2) is 0 Å². The van der Waals surface area contributed by atoms with Crippen molar-refractivity contribution in [2.24, 2.45) is 0 Å². The smallest absolute Gasteiger partial charge is 0.332 e. The summed E-state index contributed by atoms with van der Waals surface area (Å²) in [7, 11) is 0. The molecule has 0 radical (unpaired) electrons. The number of amides is 4. The van der Waals surface area contributed by atoms with E-state index in [9.17, 15) is 14.4 Å². The average Bonchev–Trinajstić information content (AvgIpc) is 3.54. The maximum Gasteiger partial charge on any atom is 0.332 e. The van der Waals surface area contributed by atoms with Gasteiger partial charge >= 0.3 is 6.03 Å². The minimum atomic E-state index is -0.453. The summed E-state index contributed by atoms with van der Waals surface area (Å²) in [6, 6.07) is 9.74. The largest absolute Gasteiger partial charge is 0.437 e. The van der Waals surface area contributed by atoms with Gasteiger partial charge in [0.2, 0.25) is 11.8 Å². The SMILES string of the molecule is C=CC(=O)NC1CCCC1NC(=O)c1sc2nccc3c2c1NC(=O)N3c1ccc(Oc2cccc(C)n2)cn1. The summed E-state index contributed by atoms with van der Waals surface area (Å²) in [5.41, 5.74) is 1.81. The van der Waals surface area contributed by atoms with E-state index in [0.717, 1.165) is 25.0 Å². The van der Waals surface area contributed by atoms with Crippen molar-refractivity contribution < 1.29 is 19.1 Å². The Balaban J connectivity index is 1.27. The van der Waals surface area contributed by atoms with Gasteiger partial charge in [0.05, 0.1) is 23.0 Å². The molecule has 1 aliphatic heterocycles. The lowest BCUT2D eigenvalue weighted by Gasteiger charge is -2.27. The van der Waals surface area contributed by atoms with E-state index in [-0.39, 0.29) is 23.9 Å². The van der Waals surface area contributed by atoms with E-state index < -0.39 is 6.03 Å². The number of pyridine rings is 3. The molecule has 2 unspecified atom stereocenters. The molecule has 4 amide bonds. The number of ether oxygens (including phenoxy) is 1. The molecule has 1 aliphatic carbocycles. The van der Waals surface area contributed by atoms with Crippen molar-refractivity contribution in [1.29, 1.82) is 0 Å². The molecule has 4 aromatic heterocycles. The zero-order chi connectivity index (χ0) is 27.8. The van der Waals surface area contributed by atoms with Gasteiger partial charge in [0.25, 0.3) is 5.91 Å². The Kier molecular flexibility index (Phi) is 6.60. The van der Waals surface area contributed by atoms with Crippen molar-refractivity contribution in [3.05, 3.63) is 72.0 Å². The first-order valence-corrected chi connectivity index (χ1v) is 13.6. The van der Waals surface area contributed by atoms with E-state index in [1.165, 1.54) is 28.5 Å². The number of aryl methyl sites for hydroxylation is 1. The van der Waals surface area contributed by atoms with Crippen LogP contribution in [0, 0.1) is 6.92 Å². The second-order valence-electron chi connectivity index (χ2n) is 9.48. The minimum absolute atomic E-state index is 0.182. The fourth-order valence-electron chi connectivity index (χ4n) is 5.01. The number of urea groups is 1. The third-order valence-electron chi connectivity index (χ3n) is 6.83. The van der Waals surface area contributed by atoms with Crippen LogP contribution in [0.2, 0.25) is 0 Å². The first-order chi connectivity index (χ1) is 19.4. The van der Waals surface area contributed by atoms with Gasteiger partial charge in [-0.25, -0.2) is 24.6 Å². The second-order valence-corrected chi connectivity index (χ2v) is 10.5. The molecule has 1 saturated carbocycles. The summed E-state index contributed by atoms with van der Waals surface area (Å²) >= 11 is 1.20. The maximum atomic E-state index is 13.4. The third kappa shape index (κ3) is 4.73. The number of carbonyl (C=O) groups excluding carboxylic acids is 3.